The number of amides is 1. The third-order valence-corrected chi connectivity index (χ3v) is 2.82. The second-order valence-corrected chi connectivity index (χ2v) is 4.52. The second kappa shape index (κ2) is 7.21. The van der Waals surface area contributed by atoms with Gasteiger partial charge in [-0.2, -0.15) is 5.10 Å². The number of hydrazone groups is 1. The zero-order chi connectivity index (χ0) is 15.9. The monoisotopic (exact) mass is 302 g/mol. The summed E-state index contributed by atoms with van der Waals surface area (Å²) in [6.07, 6.45) is 0. The Morgan fingerprint density at radius 3 is 2.45 bits per heavy atom. The maximum atomic E-state index is 12.7. The first-order valence-electron chi connectivity index (χ1n) is 6.55. The molecule has 2 aromatic carbocycles. The molecule has 2 aromatic rings. The number of phenolic OH excluding ortho intramolecular Hbond substituents is 1. The van der Waals surface area contributed by atoms with Gasteiger partial charge in [0.2, 0.25) is 0 Å². The molecule has 0 heterocycles. The summed E-state index contributed by atoms with van der Waals surface area (Å²) in [7, 11) is 0. The molecule has 2 N–H and O–H groups in total. The lowest BCUT2D eigenvalue weighted by molar-refractivity contribution is -0.123. The van der Waals surface area contributed by atoms with E-state index >= 15 is 0 Å². The molecular weight excluding hydrogens is 287 g/mol. The first-order chi connectivity index (χ1) is 10.5. The molecule has 0 atom stereocenters. The molecule has 5 nitrogen and oxygen atoms in total. The highest BCUT2D eigenvalue weighted by Gasteiger charge is 2.03. The van der Waals surface area contributed by atoms with Crippen LogP contribution in [0.25, 0.3) is 0 Å². The van der Waals surface area contributed by atoms with Crippen LogP contribution in [0.4, 0.5) is 4.39 Å². The molecule has 2 rings (SSSR count). The van der Waals surface area contributed by atoms with Gasteiger partial charge >= 0.3 is 0 Å². The second-order valence-electron chi connectivity index (χ2n) is 4.52. The van der Waals surface area contributed by atoms with Crippen molar-refractivity contribution < 1.29 is 19.0 Å². The van der Waals surface area contributed by atoms with Gasteiger partial charge < -0.3 is 9.84 Å². The van der Waals surface area contributed by atoms with Gasteiger partial charge in [0.05, 0.1) is 5.71 Å². The van der Waals surface area contributed by atoms with Crippen molar-refractivity contribution in [2.75, 3.05) is 6.61 Å². The summed E-state index contributed by atoms with van der Waals surface area (Å²) in [5.41, 5.74) is 3.73. The SMILES string of the molecule is CC(=NNC(=O)COc1ccc(F)cc1)c1ccc(O)cc1. The smallest absolute Gasteiger partial charge is 0.277 e. The number of phenols is 1. The number of carbonyl (C=O) groups is 1. The van der Waals surface area contributed by atoms with Crippen LogP contribution in [0.1, 0.15) is 12.5 Å². The standard InChI is InChI=1S/C16H15FN2O3/c1-11(12-2-6-14(20)7-3-12)18-19-16(21)10-22-15-8-4-13(17)5-9-15/h2-9,20H,10H2,1H3,(H,19,21). The zero-order valence-corrected chi connectivity index (χ0v) is 11.9. The lowest BCUT2D eigenvalue weighted by Crippen LogP contribution is -2.25. The Morgan fingerprint density at radius 1 is 1.18 bits per heavy atom. The van der Waals surface area contributed by atoms with Crippen LogP contribution in [0.3, 0.4) is 0 Å². The normalized spacial score (nSPS) is 11.1. The van der Waals surface area contributed by atoms with Gasteiger partial charge in [-0.05, 0) is 61.0 Å². The number of nitrogens with zero attached hydrogens (tertiary/aromatic N) is 1. The van der Waals surface area contributed by atoms with Gasteiger partial charge in [0, 0.05) is 0 Å². The van der Waals surface area contributed by atoms with E-state index in [4.69, 9.17) is 4.74 Å². The maximum Gasteiger partial charge on any atom is 0.277 e. The summed E-state index contributed by atoms with van der Waals surface area (Å²) < 4.78 is 17.9. The van der Waals surface area contributed by atoms with Crippen molar-refractivity contribution in [3.8, 4) is 11.5 Å². The van der Waals surface area contributed by atoms with Crippen molar-refractivity contribution in [3.63, 3.8) is 0 Å². The van der Waals surface area contributed by atoms with E-state index in [1.54, 1.807) is 19.1 Å². The molecule has 6 heteroatoms. The summed E-state index contributed by atoms with van der Waals surface area (Å²) in [6.45, 7) is 1.51. The van der Waals surface area contributed by atoms with Gasteiger partial charge in [-0.15, -0.1) is 0 Å². The molecule has 114 valence electrons. The Labute approximate surface area is 127 Å². The Morgan fingerprint density at radius 2 is 1.82 bits per heavy atom. The van der Waals surface area contributed by atoms with Crippen LogP contribution in [0.2, 0.25) is 0 Å². The highest BCUT2D eigenvalue weighted by Crippen LogP contribution is 2.11. The molecule has 0 saturated heterocycles. The van der Waals surface area contributed by atoms with Crippen molar-refractivity contribution in [1.29, 1.82) is 0 Å². The predicted molar refractivity (Wildman–Crippen MR) is 80.4 cm³/mol. The molecule has 22 heavy (non-hydrogen) atoms. The predicted octanol–water partition coefficient (Wildman–Crippen LogP) is 2.45. The van der Waals surface area contributed by atoms with Gasteiger partial charge in [-0.3, -0.25) is 4.79 Å². The number of ether oxygens (including phenoxy) is 1. The Bertz CT molecular complexity index is 667. The number of carbonyl (C=O) groups excluding carboxylic acids is 1. The van der Waals surface area contributed by atoms with Crippen molar-refractivity contribution in [2.45, 2.75) is 6.92 Å². The summed E-state index contributed by atoms with van der Waals surface area (Å²) in [4.78, 5) is 11.6. The minimum absolute atomic E-state index is 0.160. The topological polar surface area (TPSA) is 70.9 Å². The minimum atomic E-state index is -0.428. The van der Waals surface area contributed by atoms with Crippen LogP contribution < -0.4 is 10.2 Å². The quantitative estimate of drug-likeness (QED) is 0.658. The van der Waals surface area contributed by atoms with E-state index in [1.807, 2.05) is 0 Å². The van der Waals surface area contributed by atoms with Gasteiger partial charge in [0.25, 0.3) is 5.91 Å². The molecule has 0 fully saturated rings. The number of halogens is 1. The number of nitrogens with one attached hydrogen (secondary N) is 1. The minimum Gasteiger partial charge on any atom is -0.508 e. The fourth-order valence-electron chi connectivity index (χ4n) is 1.63. The van der Waals surface area contributed by atoms with E-state index in [-0.39, 0.29) is 18.2 Å². The van der Waals surface area contributed by atoms with Crippen molar-refractivity contribution in [2.24, 2.45) is 5.10 Å². The van der Waals surface area contributed by atoms with Crippen LogP contribution in [0.5, 0.6) is 11.5 Å². The van der Waals surface area contributed by atoms with E-state index in [1.165, 1.54) is 36.4 Å². The van der Waals surface area contributed by atoms with Crippen molar-refractivity contribution in [1.82, 2.24) is 5.43 Å². The molecule has 0 aliphatic rings. The van der Waals surface area contributed by atoms with Gasteiger partial charge in [0.1, 0.15) is 17.3 Å². The summed E-state index contributed by atoms with van der Waals surface area (Å²) in [5.74, 6) is -0.238. The van der Waals surface area contributed by atoms with Crippen LogP contribution in [0.15, 0.2) is 53.6 Å². The first-order valence-corrected chi connectivity index (χ1v) is 6.55. The Hall–Kier alpha value is -2.89. The van der Waals surface area contributed by atoms with Crippen molar-refractivity contribution >= 4 is 11.6 Å². The number of benzene rings is 2. The largest absolute Gasteiger partial charge is 0.508 e. The summed E-state index contributed by atoms with van der Waals surface area (Å²) >= 11 is 0. The van der Waals surface area contributed by atoms with Gasteiger partial charge in [-0.25, -0.2) is 9.82 Å². The average Bonchev–Trinajstić information content (AvgIpc) is 2.52. The fraction of sp³-hybridized carbons (Fsp3) is 0.125. The highest BCUT2D eigenvalue weighted by molar-refractivity contribution is 5.99. The van der Waals surface area contributed by atoms with Crippen LogP contribution in [-0.4, -0.2) is 23.3 Å². The Balaban J connectivity index is 1.85. The molecule has 0 aromatic heterocycles. The highest BCUT2D eigenvalue weighted by atomic mass is 19.1. The van der Waals surface area contributed by atoms with E-state index in [0.29, 0.717) is 11.5 Å². The molecular formula is C16H15FN2O3. The number of hydrogen-bond acceptors (Lipinski definition) is 4. The van der Waals surface area contributed by atoms with Crippen LogP contribution in [0, 0.1) is 5.82 Å². The Kier molecular flexibility index (Phi) is 5.08. The van der Waals surface area contributed by atoms with E-state index in [9.17, 15) is 14.3 Å². The maximum absolute atomic E-state index is 12.7. The zero-order valence-electron chi connectivity index (χ0n) is 11.9. The number of aromatic hydroxyl groups is 1. The van der Waals surface area contributed by atoms with Gasteiger partial charge in [0.15, 0.2) is 6.61 Å². The summed E-state index contributed by atoms with van der Waals surface area (Å²) in [5, 5.41) is 13.1. The van der Waals surface area contributed by atoms with E-state index in [2.05, 4.69) is 10.5 Å². The fourth-order valence-corrected chi connectivity index (χ4v) is 1.63. The average molecular weight is 302 g/mol. The lowest BCUT2D eigenvalue weighted by atomic mass is 10.1. The molecule has 0 unspecified atom stereocenters. The summed E-state index contributed by atoms with van der Waals surface area (Å²) in [6, 6.07) is 11.8. The van der Waals surface area contributed by atoms with E-state index in [0.717, 1.165) is 5.56 Å². The molecule has 0 aliphatic heterocycles. The third kappa shape index (κ3) is 4.59. The molecule has 0 aliphatic carbocycles. The number of rotatable bonds is 5. The lowest BCUT2D eigenvalue weighted by Gasteiger charge is -2.06. The van der Waals surface area contributed by atoms with Gasteiger partial charge in [-0.1, -0.05) is 0 Å². The van der Waals surface area contributed by atoms with Crippen LogP contribution in [-0.2, 0) is 4.79 Å². The molecule has 0 saturated carbocycles. The first kappa shape index (κ1) is 15.5. The van der Waals surface area contributed by atoms with Crippen LogP contribution >= 0.6 is 0 Å². The molecule has 1 amide bonds. The number of hydrogen-bond donors (Lipinski definition) is 2. The van der Waals surface area contributed by atoms with Crippen molar-refractivity contribution in [3.05, 3.63) is 59.9 Å². The molecule has 0 bridgehead atoms. The molecule has 0 spiro atoms. The third-order valence-electron chi connectivity index (χ3n) is 2.82. The molecule has 0 radical (unpaired) electrons. The van der Waals surface area contributed by atoms with E-state index < -0.39 is 5.91 Å².